The Kier molecular flexibility index (Phi) is 7.23. The molecule has 0 unspecified atom stereocenters. The van der Waals surface area contributed by atoms with Gasteiger partial charge in [-0.15, -0.1) is 0 Å². The number of nitrogens with one attached hydrogen (secondary N) is 1. The summed E-state index contributed by atoms with van der Waals surface area (Å²) in [4.78, 5) is 24.7. The summed E-state index contributed by atoms with van der Waals surface area (Å²) in [5.41, 5.74) is 0.890. The van der Waals surface area contributed by atoms with Gasteiger partial charge >= 0.3 is 5.97 Å². The summed E-state index contributed by atoms with van der Waals surface area (Å²) in [6.45, 7) is 4.24. The summed E-state index contributed by atoms with van der Waals surface area (Å²) >= 11 is 12.6. The highest BCUT2D eigenvalue weighted by Gasteiger charge is 2.27. The Balaban J connectivity index is 2.03. The van der Waals surface area contributed by atoms with E-state index in [0.29, 0.717) is 13.0 Å². The number of ether oxygens (including phenoxy) is 1. The maximum absolute atomic E-state index is 12.4. The second-order valence-electron chi connectivity index (χ2n) is 5.85. The number of benzene rings is 1. The third-order valence-corrected chi connectivity index (χ3v) is 4.94. The van der Waals surface area contributed by atoms with E-state index in [9.17, 15) is 9.59 Å². The quantitative estimate of drug-likeness (QED) is 0.701. The van der Waals surface area contributed by atoms with Crippen molar-refractivity contribution in [3.8, 4) is 0 Å². The van der Waals surface area contributed by atoms with Crippen LogP contribution >= 0.6 is 34.7 Å². The van der Waals surface area contributed by atoms with Crippen molar-refractivity contribution in [3.63, 3.8) is 0 Å². The van der Waals surface area contributed by atoms with Crippen LogP contribution in [-0.4, -0.2) is 22.4 Å². The van der Waals surface area contributed by atoms with Crippen LogP contribution in [0.4, 0.5) is 0 Å². The van der Waals surface area contributed by atoms with Crippen molar-refractivity contribution in [3.05, 3.63) is 50.9 Å². The van der Waals surface area contributed by atoms with Gasteiger partial charge in [0.15, 0.2) is 11.8 Å². The van der Waals surface area contributed by atoms with Crippen LogP contribution < -0.4 is 5.32 Å². The molecule has 1 atom stereocenters. The Hall–Kier alpha value is -1.63. The topological polar surface area (TPSA) is 68.3 Å². The van der Waals surface area contributed by atoms with E-state index < -0.39 is 12.1 Å². The molecule has 0 spiro atoms. The maximum Gasteiger partial charge on any atom is 0.360 e. The van der Waals surface area contributed by atoms with Crippen molar-refractivity contribution in [1.82, 2.24) is 9.69 Å². The van der Waals surface area contributed by atoms with Gasteiger partial charge in [0.05, 0.1) is 0 Å². The average molecular weight is 401 g/mol. The Bertz CT molecular complexity index is 735. The van der Waals surface area contributed by atoms with Crippen molar-refractivity contribution < 1.29 is 14.3 Å². The largest absolute Gasteiger partial charge is 0.447 e. The average Bonchev–Trinajstić information content (AvgIpc) is 2.92. The third kappa shape index (κ3) is 5.70. The first-order valence-corrected chi connectivity index (χ1v) is 9.24. The van der Waals surface area contributed by atoms with Crippen molar-refractivity contribution in [2.45, 2.75) is 32.9 Å². The van der Waals surface area contributed by atoms with Crippen LogP contribution in [0.2, 0.25) is 9.36 Å². The molecule has 1 aromatic heterocycles. The minimum Gasteiger partial charge on any atom is -0.447 e. The van der Waals surface area contributed by atoms with Crippen LogP contribution in [-0.2, 0) is 16.1 Å². The van der Waals surface area contributed by atoms with Gasteiger partial charge in [-0.05, 0) is 29.4 Å². The highest BCUT2D eigenvalue weighted by molar-refractivity contribution is 7.11. The number of carbonyl (C=O) groups is 2. The number of hydrogen-bond acceptors (Lipinski definition) is 5. The van der Waals surface area contributed by atoms with Crippen LogP contribution in [0.1, 0.15) is 36.3 Å². The second-order valence-corrected chi connectivity index (χ2v) is 7.60. The molecule has 1 aromatic carbocycles. The molecular weight excluding hydrogens is 383 g/mol. The van der Waals surface area contributed by atoms with E-state index in [1.165, 1.54) is 0 Å². The molecule has 1 heterocycles. The van der Waals surface area contributed by atoms with Crippen LogP contribution in [0.5, 0.6) is 0 Å². The van der Waals surface area contributed by atoms with E-state index >= 15 is 0 Å². The van der Waals surface area contributed by atoms with Crippen LogP contribution in [0.25, 0.3) is 0 Å². The van der Waals surface area contributed by atoms with Crippen molar-refractivity contribution in [2.24, 2.45) is 5.92 Å². The van der Waals surface area contributed by atoms with E-state index in [4.69, 9.17) is 27.9 Å². The standard InChI is InChI=1S/C17H18Cl2N2O3S/c1-10(2)8-12(16(22)20-9-11-6-4-3-5-7-11)24-17(23)14-13(18)15(19)25-21-14/h3-7,10,12H,8-9H2,1-2H3,(H,20,22)/t12-/m0/s1. The number of aromatic nitrogens is 1. The van der Waals surface area contributed by atoms with Gasteiger partial charge < -0.3 is 10.1 Å². The molecule has 0 radical (unpaired) electrons. The van der Waals surface area contributed by atoms with E-state index in [1.807, 2.05) is 44.2 Å². The van der Waals surface area contributed by atoms with Gasteiger partial charge in [0, 0.05) is 6.54 Å². The normalized spacial score (nSPS) is 12.0. The Morgan fingerprint density at radius 2 is 1.92 bits per heavy atom. The molecule has 2 aromatic rings. The van der Waals surface area contributed by atoms with Crippen LogP contribution in [0.3, 0.4) is 0 Å². The lowest BCUT2D eigenvalue weighted by Crippen LogP contribution is -2.38. The lowest BCUT2D eigenvalue weighted by Gasteiger charge is -2.19. The summed E-state index contributed by atoms with van der Waals surface area (Å²) < 4.78 is 9.42. The molecule has 0 aliphatic carbocycles. The third-order valence-electron chi connectivity index (χ3n) is 3.33. The summed E-state index contributed by atoms with van der Waals surface area (Å²) in [5, 5.41) is 2.83. The molecule has 5 nitrogen and oxygen atoms in total. The maximum atomic E-state index is 12.4. The smallest absolute Gasteiger partial charge is 0.360 e. The molecule has 8 heteroatoms. The van der Waals surface area contributed by atoms with E-state index in [1.54, 1.807) is 0 Å². The van der Waals surface area contributed by atoms with Gasteiger partial charge in [0.2, 0.25) is 0 Å². The Morgan fingerprint density at radius 1 is 1.24 bits per heavy atom. The summed E-state index contributed by atoms with van der Waals surface area (Å²) in [6, 6.07) is 9.49. The number of rotatable bonds is 7. The molecule has 1 N–H and O–H groups in total. The SMILES string of the molecule is CC(C)C[C@H](OC(=O)c1nsc(Cl)c1Cl)C(=O)NCc1ccccc1. The summed E-state index contributed by atoms with van der Waals surface area (Å²) in [7, 11) is 0. The van der Waals surface area contributed by atoms with Gasteiger partial charge in [-0.25, -0.2) is 4.79 Å². The summed E-state index contributed by atoms with van der Waals surface area (Å²) in [5.74, 6) is -0.952. The molecular formula is C17H18Cl2N2O3S. The zero-order valence-electron chi connectivity index (χ0n) is 13.8. The van der Waals surface area contributed by atoms with Gasteiger partial charge in [0.1, 0.15) is 9.36 Å². The molecule has 0 saturated carbocycles. The van der Waals surface area contributed by atoms with Crippen molar-refractivity contribution in [1.29, 1.82) is 0 Å². The van der Waals surface area contributed by atoms with Gasteiger partial charge in [-0.1, -0.05) is 67.4 Å². The van der Waals surface area contributed by atoms with Gasteiger partial charge in [-0.3, -0.25) is 4.79 Å². The zero-order valence-corrected chi connectivity index (χ0v) is 16.1. The molecule has 0 bridgehead atoms. The number of amides is 1. The Labute approximate surface area is 160 Å². The fourth-order valence-corrected chi connectivity index (χ4v) is 3.09. The zero-order chi connectivity index (χ0) is 18.4. The molecule has 0 aliphatic rings. The lowest BCUT2D eigenvalue weighted by atomic mass is 10.1. The number of nitrogens with zero attached hydrogens (tertiary/aromatic N) is 1. The second kappa shape index (κ2) is 9.17. The fourth-order valence-electron chi connectivity index (χ4n) is 2.11. The summed E-state index contributed by atoms with van der Waals surface area (Å²) in [6.07, 6.45) is -0.533. The van der Waals surface area contributed by atoms with Gasteiger partial charge in [0.25, 0.3) is 5.91 Å². The predicted molar refractivity (Wildman–Crippen MR) is 99.1 cm³/mol. The number of esters is 1. The molecule has 0 aliphatic heterocycles. The van der Waals surface area contributed by atoms with Gasteiger partial charge in [-0.2, -0.15) is 4.37 Å². The monoisotopic (exact) mass is 400 g/mol. The van der Waals surface area contributed by atoms with E-state index in [-0.39, 0.29) is 26.9 Å². The predicted octanol–water partition coefficient (Wildman–Crippen LogP) is 4.34. The fraction of sp³-hybridized carbons (Fsp3) is 0.353. The minimum atomic E-state index is -0.923. The first kappa shape index (κ1) is 19.7. The molecule has 134 valence electrons. The first-order valence-electron chi connectivity index (χ1n) is 7.71. The van der Waals surface area contributed by atoms with Crippen LogP contribution in [0.15, 0.2) is 30.3 Å². The number of halogens is 2. The molecule has 25 heavy (non-hydrogen) atoms. The molecule has 0 fully saturated rings. The number of hydrogen-bond donors (Lipinski definition) is 1. The minimum absolute atomic E-state index is 0.0460. The Morgan fingerprint density at radius 3 is 2.48 bits per heavy atom. The number of carbonyl (C=O) groups excluding carboxylic acids is 2. The van der Waals surface area contributed by atoms with Crippen LogP contribution in [0, 0.1) is 5.92 Å². The molecule has 1 amide bonds. The lowest BCUT2D eigenvalue weighted by molar-refractivity contribution is -0.131. The van der Waals surface area contributed by atoms with E-state index in [2.05, 4.69) is 9.69 Å². The highest BCUT2D eigenvalue weighted by Crippen LogP contribution is 2.30. The van der Waals surface area contributed by atoms with Crippen molar-refractivity contribution >= 4 is 46.6 Å². The van der Waals surface area contributed by atoms with E-state index in [0.717, 1.165) is 17.1 Å². The molecule has 0 saturated heterocycles. The molecule has 2 rings (SSSR count). The first-order chi connectivity index (χ1) is 11.9. The highest BCUT2D eigenvalue weighted by atomic mass is 35.5. The van der Waals surface area contributed by atoms with Crippen molar-refractivity contribution in [2.75, 3.05) is 0 Å².